The fourth-order valence-electron chi connectivity index (χ4n) is 6.76. The van der Waals surface area contributed by atoms with Gasteiger partial charge >= 0.3 is 12.1 Å². The number of benzene rings is 4. The summed E-state index contributed by atoms with van der Waals surface area (Å²) in [6.07, 6.45) is 3.24. The van der Waals surface area contributed by atoms with E-state index < -0.39 is 12.1 Å². The topological polar surface area (TPSA) is 65.1 Å². The second kappa shape index (κ2) is 14.3. The molecule has 2 aliphatic rings. The molecule has 0 bridgehead atoms. The molecule has 0 spiro atoms. The number of ether oxygens (including phenoxy) is 3. The minimum Gasteiger partial charge on any atom is -0.494 e. The Kier molecular flexibility index (Phi) is 9.59. The van der Waals surface area contributed by atoms with Gasteiger partial charge < -0.3 is 14.2 Å². The van der Waals surface area contributed by atoms with Gasteiger partial charge in [0, 0.05) is 24.3 Å². The average molecular weight is 602 g/mol. The van der Waals surface area contributed by atoms with Crippen LogP contribution in [0.1, 0.15) is 47.9 Å². The monoisotopic (exact) mass is 601 g/mol. The van der Waals surface area contributed by atoms with Crippen LogP contribution in [0.2, 0.25) is 0 Å². The van der Waals surface area contributed by atoms with Crippen LogP contribution in [0.15, 0.2) is 121 Å². The van der Waals surface area contributed by atoms with Crippen molar-refractivity contribution in [2.45, 2.75) is 38.3 Å². The average Bonchev–Trinajstić information content (AvgIpc) is 3.67. The zero-order valence-corrected chi connectivity index (χ0v) is 25.6. The molecule has 0 saturated carbocycles. The largest absolute Gasteiger partial charge is 0.494 e. The molecular formula is C39H39NO5. The third-order valence-electron chi connectivity index (χ3n) is 8.88. The maximum atomic E-state index is 13.3. The number of likely N-dealkylation sites (tertiary alicyclic amines) is 1. The third kappa shape index (κ3) is 6.96. The number of amides is 1. The van der Waals surface area contributed by atoms with Gasteiger partial charge in [0.1, 0.15) is 18.4 Å². The number of carbonyl (C=O) groups excluding carboxylic acids is 2. The first-order valence-electron chi connectivity index (χ1n) is 15.8. The Bertz CT molecular complexity index is 1570. The van der Waals surface area contributed by atoms with E-state index in [-0.39, 0.29) is 36.9 Å². The molecule has 0 aromatic heterocycles. The molecule has 0 unspecified atom stereocenters. The Morgan fingerprint density at radius 1 is 0.822 bits per heavy atom. The summed E-state index contributed by atoms with van der Waals surface area (Å²) in [6, 6.07) is 38.1. The van der Waals surface area contributed by atoms with E-state index in [1.165, 1.54) is 11.1 Å². The predicted molar refractivity (Wildman–Crippen MR) is 175 cm³/mol. The van der Waals surface area contributed by atoms with Crippen LogP contribution in [0, 0.1) is 11.8 Å². The zero-order valence-electron chi connectivity index (χ0n) is 25.6. The van der Waals surface area contributed by atoms with Crippen molar-refractivity contribution in [3.8, 4) is 5.75 Å². The van der Waals surface area contributed by atoms with Crippen molar-refractivity contribution in [1.82, 2.24) is 4.90 Å². The quantitative estimate of drug-likeness (QED) is 0.164. The minimum atomic E-state index is -0.681. The standard InChI is InChI=1S/C39H39NO5/c1-2-43-38(41)37-35-22-21-34(36(35)26-40(37)39(42)45-27-28-13-6-3-7-14-28)31-19-12-20-32(25-31)44-24-23-33(29-15-8-4-9-16-29)30-17-10-5-11-18-30/h3-21,25,33,35-37H,2,22-24,26-27H2,1H3/t35-,36+,37-/m0/s1. The number of allylic oxidation sites excluding steroid dienone is 1. The van der Waals surface area contributed by atoms with E-state index >= 15 is 0 Å². The van der Waals surface area contributed by atoms with Crippen molar-refractivity contribution in [2.24, 2.45) is 11.8 Å². The Balaban J connectivity index is 1.14. The Labute approximate surface area is 265 Å². The van der Waals surface area contributed by atoms with Crippen LogP contribution in [-0.2, 0) is 20.9 Å². The first kappa shape index (κ1) is 30.2. The SMILES string of the molecule is CCOC(=O)[C@@H]1[C@H]2CC=C(c3cccc(OCCC(c4ccccc4)c4ccccc4)c3)[C@H]2CN1C(=O)OCc1ccccc1. The van der Waals surface area contributed by atoms with Crippen molar-refractivity contribution in [2.75, 3.05) is 19.8 Å². The molecule has 1 amide bonds. The van der Waals surface area contributed by atoms with Crippen molar-refractivity contribution in [1.29, 1.82) is 0 Å². The molecule has 1 saturated heterocycles. The van der Waals surface area contributed by atoms with Crippen LogP contribution in [0.3, 0.4) is 0 Å². The maximum absolute atomic E-state index is 13.3. The number of hydrogen-bond acceptors (Lipinski definition) is 5. The molecule has 0 N–H and O–H groups in total. The molecule has 230 valence electrons. The normalized spacial score (nSPS) is 18.8. The van der Waals surface area contributed by atoms with E-state index in [0.717, 1.165) is 28.9 Å². The smallest absolute Gasteiger partial charge is 0.410 e. The molecule has 4 aromatic carbocycles. The fourth-order valence-corrected chi connectivity index (χ4v) is 6.76. The van der Waals surface area contributed by atoms with Gasteiger partial charge in [-0.15, -0.1) is 0 Å². The summed E-state index contributed by atoms with van der Waals surface area (Å²) in [5.41, 5.74) is 5.61. The lowest BCUT2D eigenvalue weighted by Gasteiger charge is -2.25. The summed E-state index contributed by atoms with van der Waals surface area (Å²) in [5.74, 6) is 0.597. The summed E-state index contributed by atoms with van der Waals surface area (Å²) in [5, 5.41) is 0. The van der Waals surface area contributed by atoms with Crippen molar-refractivity contribution < 1.29 is 23.8 Å². The number of rotatable bonds is 11. The molecule has 3 atom stereocenters. The highest BCUT2D eigenvalue weighted by Gasteiger charge is 2.52. The third-order valence-corrected chi connectivity index (χ3v) is 8.88. The maximum Gasteiger partial charge on any atom is 0.410 e. The number of esters is 1. The van der Waals surface area contributed by atoms with E-state index in [2.05, 4.69) is 66.7 Å². The molecular weight excluding hydrogens is 562 g/mol. The minimum absolute atomic E-state index is 0.000488. The predicted octanol–water partition coefficient (Wildman–Crippen LogP) is 7.89. The number of hydrogen-bond donors (Lipinski definition) is 0. The van der Waals surface area contributed by atoms with Crippen LogP contribution >= 0.6 is 0 Å². The Morgan fingerprint density at radius 2 is 1.49 bits per heavy atom. The zero-order chi connectivity index (χ0) is 31.0. The van der Waals surface area contributed by atoms with Gasteiger partial charge in [0.15, 0.2) is 0 Å². The van der Waals surface area contributed by atoms with Crippen molar-refractivity contribution >= 4 is 17.6 Å². The summed E-state index contributed by atoms with van der Waals surface area (Å²) in [6.45, 7) is 3.16. The van der Waals surface area contributed by atoms with Gasteiger partial charge in [0.2, 0.25) is 0 Å². The molecule has 6 nitrogen and oxygen atoms in total. The molecule has 6 heteroatoms. The van der Waals surface area contributed by atoms with Crippen LogP contribution in [0.25, 0.3) is 5.57 Å². The van der Waals surface area contributed by atoms with Gasteiger partial charge in [-0.2, -0.15) is 0 Å². The van der Waals surface area contributed by atoms with Gasteiger partial charge in [-0.05, 0) is 59.7 Å². The van der Waals surface area contributed by atoms with Crippen LogP contribution in [-0.4, -0.2) is 42.8 Å². The van der Waals surface area contributed by atoms with E-state index in [4.69, 9.17) is 14.2 Å². The lowest BCUT2D eigenvalue weighted by molar-refractivity contribution is -0.149. The fraction of sp³-hybridized carbons (Fsp3) is 0.282. The second-order valence-electron chi connectivity index (χ2n) is 11.6. The van der Waals surface area contributed by atoms with Crippen molar-refractivity contribution in [3.63, 3.8) is 0 Å². The molecule has 1 aliphatic heterocycles. The van der Waals surface area contributed by atoms with Crippen LogP contribution in [0.4, 0.5) is 4.79 Å². The summed E-state index contributed by atoms with van der Waals surface area (Å²) in [7, 11) is 0. The molecule has 45 heavy (non-hydrogen) atoms. The van der Waals surface area contributed by atoms with E-state index in [1.807, 2.05) is 54.6 Å². The number of carbonyl (C=O) groups is 2. The molecule has 6 rings (SSSR count). The van der Waals surface area contributed by atoms with E-state index in [9.17, 15) is 9.59 Å². The highest BCUT2D eigenvalue weighted by molar-refractivity contribution is 5.85. The van der Waals surface area contributed by atoms with Crippen LogP contribution < -0.4 is 4.74 Å². The van der Waals surface area contributed by atoms with Gasteiger partial charge in [-0.25, -0.2) is 9.59 Å². The summed E-state index contributed by atoms with van der Waals surface area (Å²) >= 11 is 0. The number of fused-ring (bicyclic) bond motifs is 1. The van der Waals surface area contributed by atoms with Gasteiger partial charge in [-0.1, -0.05) is 109 Å². The van der Waals surface area contributed by atoms with E-state index in [0.29, 0.717) is 19.6 Å². The number of nitrogens with zero attached hydrogens (tertiary/aromatic N) is 1. The first-order valence-corrected chi connectivity index (χ1v) is 15.8. The molecule has 1 heterocycles. The Hall–Kier alpha value is -4.84. The van der Waals surface area contributed by atoms with E-state index in [1.54, 1.807) is 11.8 Å². The molecule has 1 aliphatic carbocycles. The van der Waals surface area contributed by atoms with Gasteiger partial charge in [-0.3, -0.25) is 4.90 Å². The molecule has 1 fully saturated rings. The molecule has 0 radical (unpaired) electrons. The van der Waals surface area contributed by atoms with Crippen molar-refractivity contribution in [3.05, 3.63) is 144 Å². The lowest BCUT2D eigenvalue weighted by atomic mass is 9.87. The molecule has 4 aromatic rings. The second-order valence-corrected chi connectivity index (χ2v) is 11.6. The lowest BCUT2D eigenvalue weighted by Crippen LogP contribution is -2.44. The highest BCUT2D eigenvalue weighted by atomic mass is 16.6. The highest BCUT2D eigenvalue weighted by Crippen LogP contribution is 2.47. The van der Waals surface area contributed by atoms with Crippen LogP contribution in [0.5, 0.6) is 5.75 Å². The summed E-state index contributed by atoms with van der Waals surface area (Å²) < 4.78 is 17.4. The Morgan fingerprint density at radius 3 is 2.16 bits per heavy atom. The van der Waals surface area contributed by atoms with Gasteiger partial charge in [0.25, 0.3) is 0 Å². The first-order chi connectivity index (χ1) is 22.1. The summed E-state index contributed by atoms with van der Waals surface area (Å²) in [4.78, 5) is 28.0. The van der Waals surface area contributed by atoms with Gasteiger partial charge in [0.05, 0.1) is 13.2 Å².